The van der Waals surface area contributed by atoms with Crippen LogP contribution in [-0.4, -0.2) is 21.1 Å². The van der Waals surface area contributed by atoms with Crippen LogP contribution in [0.5, 0.6) is 0 Å². The molecule has 1 amide bonds. The summed E-state index contributed by atoms with van der Waals surface area (Å²) in [5.74, 6) is -0.0123. The highest BCUT2D eigenvalue weighted by atomic mass is 35.5. The Labute approximate surface area is 119 Å². The molecule has 0 fully saturated rings. The molecule has 1 N–H and O–H groups in total. The molecule has 5 nitrogen and oxygen atoms in total. The van der Waals surface area contributed by atoms with Crippen molar-refractivity contribution in [1.29, 1.82) is 0 Å². The van der Waals surface area contributed by atoms with E-state index in [1.165, 1.54) is 6.20 Å². The van der Waals surface area contributed by atoms with Gasteiger partial charge in [0.1, 0.15) is 10.8 Å². The van der Waals surface area contributed by atoms with E-state index in [9.17, 15) is 4.79 Å². The van der Waals surface area contributed by atoms with Crippen LogP contribution in [0.15, 0.2) is 48.7 Å². The van der Waals surface area contributed by atoms with E-state index >= 15 is 0 Å². The molecule has 98 valence electrons. The third kappa shape index (κ3) is 2.44. The first kappa shape index (κ1) is 12.5. The Bertz CT molecular complexity index is 776. The summed E-state index contributed by atoms with van der Waals surface area (Å²) in [6.45, 7) is 0. The Hall–Kier alpha value is -2.53. The van der Waals surface area contributed by atoms with Crippen molar-refractivity contribution in [2.45, 2.75) is 0 Å². The number of nitrogens with one attached hydrogen (secondary N) is 1. The lowest BCUT2D eigenvalue weighted by molar-refractivity contribution is 0.102. The van der Waals surface area contributed by atoms with Crippen LogP contribution in [0.4, 0.5) is 5.82 Å². The Morgan fingerprint density at radius 1 is 1.15 bits per heavy atom. The number of pyridine rings is 1. The molecule has 2 heterocycles. The van der Waals surface area contributed by atoms with Crippen molar-refractivity contribution in [2.75, 3.05) is 5.32 Å². The van der Waals surface area contributed by atoms with E-state index in [1.807, 2.05) is 24.3 Å². The summed E-state index contributed by atoms with van der Waals surface area (Å²) < 4.78 is 0. The minimum atomic E-state index is -0.377. The second kappa shape index (κ2) is 5.22. The number of hydrogen-bond donors (Lipinski definition) is 1. The van der Waals surface area contributed by atoms with E-state index in [2.05, 4.69) is 20.5 Å². The average molecular weight is 285 g/mol. The lowest BCUT2D eigenvalue weighted by atomic mass is 10.1. The zero-order valence-corrected chi connectivity index (χ0v) is 11.0. The van der Waals surface area contributed by atoms with Crippen molar-refractivity contribution in [2.24, 2.45) is 0 Å². The third-order valence-electron chi connectivity index (χ3n) is 2.74. The number of benzene rings is 1. The number of carbonyl (C=O) groups is 1. The normalized spacial score (nSPS) is 10.4. The monoisotopic (exact) mass is 284 g/mol. The maximum absolute atomic E-state index is 12.1. The van der Waals surface area contributed by atoms with Gasteiger partial charge in [-0.05, 0) is 23.6 Å². The molecule has 20 heavy (non-hydrogen) atoms. The zero-order valence-electron chi connectivity index (χ0n) is 10.2. The maximum atomic E-state index is 12.1. The first-order valence-electron chi connectivity index (χ1n) is 5.88. The minimum absolute atomic E-state index is 0.236. The predicted molar refractivity (Wildman–Crippen MR) is 76.7 cm³/mol. The van der Waals surface area contributed by atoms with Gasteiger partial charge < -0.3 is 5.32 Å². The van der Waals surface area contributed by atoms with Crippen molar-refractivity contribution in [1.82, 2.24) is 15.2 Å². The van der Waals surface area contributed by atoms with Crippen molar-refractivity contribution in [3.05, 3.63) is 59.5 Å². The maximum Gasteiger partial charge on any atom is 0.275 e. The molecular weight excluding hydrogens is 276 g/mol. The van der Waals surface area contributed by atoms with Gasteiger partial charge in [-0.1, -0.05) is 35.9 Å². The van der Waals surface area contributed by atoms with E-state index < -0.39 is 0 Å². The molecule has 0 radical (unpaired) electrons. The fourth-order valence-corrected chi connectivity index (χ4v) is 2.08. The van der Waals surface area contributed by atoms with Crippen LogP contribution in [0, 0.1) is 0 Å². The molecule has 0 bridgehead atoms. The van der Waals surface area contributed by atoms with Gasteiger partial charge in [-0.2, -0.15) is 5.10 Å². The fraction of sp³-hybridized carbons (Fsp3) is 0. The third-order valence-corrected chi connectivity index (χ3v) is 3.03. The SMILES string of the molecule is O=C(Nc1cccnn1)c1cc2ccccc2c(Cl)n1. The molecule has 0 aliphatic heterocycles. The molecule has 6 heteroatoms. The van der Waals surface area contributed by atoms with E-state index in [4.69, 9.17) is 11.6 Å². The van der Waals surface area contributed by atoms with Crippen molar-refractivity contribution in [3.8, 4) is 0 Å². The largest absolute Gasteiger partial charge is 0.304 e. The summed E-state index contributed by atoms with van der Waals surface area (Å²) in [5.41, 5.74) is 0.236. The van der Waals surface area contributed by atoms with Crippen LogP contribution in [0.2, 0.25) is 5.15 Å². The highest BCUT2D eigenvalue weighted by Gasteiger charge is 2.11. The molecule has 0 aliphatic carbocycles. The van der Waals surface area contributed by atoms with Gasteiger partial charge in [-0.3, -0.25) is 4.79 Å². The summed E-state index contributed by atoms with van der Waals surface area (Å²) in [5, 5.41) is 12.1. The first-order valence-corrected chi connectivity index (χ1v) is 6.26. The second-order valence-electron chi connectivity index (χ2n) is 4.08. The van der Waals surface area contributed by atoms with Gasteiger partial charge in [0.15, 0.2) is 5.82 Å². The number of carbonyl (C=O) groups excluding carboxylic acids is 1. The number of halogens is 1. The molecular formula is C14H9ClN4O. The van der Waals surface area contributed by atoms with Crippen LogP contribution in [-0.2, 0) is 0 Å². The number of fused-ring (bicyclic) bond motifs is 1. The van der Waals surface area contributed by atoms with Gasteiger partial charge in [0.05, 0.1) is 0 Å². The van der Waals surface area contributed by atoms with E-state index in [-0.39, 0.29) is 11.6 Å². The van der Waals surface area contributed by atoms with Crippen molar-refractivity contribution >= 4 is 34.1 Å². The van der Waals surface area contributed by atoms with Crippen LogP contribution >= 0.6 is 11.6 Å². The minimum Gasteiger partial charge on any atom is -0.304 e. The zero-order chi connectivity index (χ0) is 13.9. The molecule has 0 aliphatic rings. The van der Waals surface area contributed by atoms with Gasteiger partial charge in [0, 0.05) is 11.6 Å². The topological polar surface area (TPSA) is 67.8 Å². The number of aromatic nitrogens is 3. The standard InChI is InChI=1S/C14H9ClN4O/c15-13-10-5-2-1-4-9(10)8-11(17-13)14(20)18-12-6-3-7-16-19-12/h1-8H,(H,18,19,20). The smallest absolute Gasteiger partial charge is 0.275 e. The van der Waals surface area contributed by atoms with Crippen molar-refractivity contribution < 1.29 is 4.79 Å². The second-order valence-corrected chi connectivity index (χ2v) is 4.44. The number of hydrogen-bond acceptors (Lipinski definition) is 4. The summed E-state index contributed by atoms with van der Waals surface area (Å²) >= 11 is 6.09. The van der Waals surface area contributed by atoms with Gasteiger partial charge in [0.2, 0.25) is 0 Å². The van der Waals surface area contributed by atoms with Crippen LogP contribution < -0.4 is 5.32 Å². The number of rotatable bonds is 2. The van der Waals surface area contributed by atoms with Crippen LogP contribution in [0.25, 0.3) is 10.8 Å². The van der Waals surface area contributed by atoms with Gasteiger partial charge in [0.25, 0.3) is 5.91 Å². The number of amides is 1. The van der Waals surface area contributed by atoms with Gasteiger partial charge >= 0.3 is 0 Å². The Balaban J connectivity index is 1.96. The Kier molecular flexibility index (Phi) is 3.26. The lowest BCUT2D eigenvalue weighted by Crippen LogP contribution is -2.15. The first-order chi connectivity index (χ1) is 9.74. The van der Waals surface area contributed by atoms with Gasteiger partial charge in [-0.15, -0.1) is 5.10 Å². The lowest BCUT2D eigenvalue weighted by Gasteiger charge is -2.05. The van der Waals surface area contributed by atoms with Crippen molar-refractivity contribution in [3.63, 3.8) is 0 Å². The molecule has 3 aromatic rings. The Morgan fingerprint density at radius 3 is 2.80 bits per heavy atom. The molecule has 0 unspecified atom stereocenters. The quantitative estimate of drug-likeness (QED) is 0.735. The van der Waals surface area contributed by atoms with Crippen LogP contribution in [0.1, 0.15) is 10.5 Å². The predicted octanol–water partition coefficient (Wildman–Crippen LogP) is 2.93. The summed E-state index contributed by atoms with van der Waals surface area (Å²) in [6.07, 6.45) is 1.53. The highest BCUT2D eigenvalue weighted by molar-refractivity contribution is 6.34. The molecule has 0 atom stereocenters. The average Bonchev–Trinajstić information content (AvgIpc) is 2.48. The molecule has 2 aromatic heterocycles. The number of anilines is 1. The van der Waals surface area contributed by atoms with E-state index in [0.717, 1.165) is 10.8 Å². The molecule has 0 spiro atoms. The number of nitrogens with zero attached hydrogens (tertiary/aromatic N) is 3. The molecule has 3 rings (SSSR count). The van der Waals surface area contributed by atoms with E-state index in [1.54, 1.807) is 18.2 Å². The molecule has 1 aromatic carbocycles. The molecule has 0 saturated heterocycles. The Morgan fingerprint density at radius 2 is 2.00 bits per heavy atom. The highest BCUT2D eigenvalue weighted by Crippen LogP contribution is 2.22. The summed E-state index contributed by atoms with van der Waals surface area (Å²) in [4.78, 5) is 16.2. The fourth-order valence-electron chi connectivity index (χ4n) is 1.82. The van der Waals surface area contributed by atoms with Crippen LogP contribution in [0.3, 0.4) is 0 Å². The van der Waals surface area contributed by atoms with E-state index in [0.29, 0.717) is 11.0 Å². The summed E-state index contributed by atoms with van der Waals surface area (Å²) in [7, 11) is 0. The molecule has 0 saturated carbocycles. The van der Waals surface area contributed by atoms with Gasteiger partial charge in [-0.25, -0.2) is 4.98 Å². The summed E-state index contributed by atoms with van der Waals surface area (Å²) in [6, 6.07) is 12.5.